The van der Waals surface area contributed by atoms with Crippen molar-refractivity contribution in [3.8, 4) is 34.8 Å². The Kier molecular flexibility index (Phi) is 6.33. The summed E-state index contributed by atoms with van der Waals surface area (Å²) >= 11 is 0. The molecule has 11 nitrogen and oxygen atoms in total. The first-order valence-electron chi connectivity index (χ1n) is 10.8. The zero-order valence-electron chi connectivity index (χ0n) is 19.0. The van der Waals surface area contributed by atoms with Gasteiger partial charge in [-0.15, -0.1) is 5.10 Å². The maximum atomic E-state index is 14.3. The number of halogens is 3. The maximum absolute atomic E-state index is 14.3. The van der Waals surface area contributed by atoms with Crippen molar-refractivity contribution in [1.82, 2.24) is 39.7 Å². The fraction of sp³-hybridized carbons (Fsp3) is 0.174. The molecule has 0 aliphatic carbocycles. The molecule has 5 rings (SSSR count). The molecule has 1 aromatic carbocycles. The van der Waals surface area contributed by atoms with Crippen LogP contribution in [0.1, 0.15) is 12.5 Å². The van der Waals surface area contributed by atoms with E-state index in [0.717, 1.165) is 12.1 Å². The van der Waals surface area contributed by atoms with Crippen LogP contribution in [0, 0.1) is 17.1 Å². The van der Waals surface area contributed by atoms with Gasteiger partial charge in [-0.25, -0.2) is 24.0 Å². The molecule has 1 atom stereocenters. The number of nitrogens with zero attached hydrogens (tertiary/aromatic N) is 9. The first kappa shape index (κ1) is 23.7. The fourth-order valence-corrected chi connectivity index (χ4v) is 3.67. The molecule has 5 aromatic rings. The molecular formula is C23H16F3N9O2. The number of benzene rings is 1. The van der Waals surface area contributed by atoms with Crippen molar-refractivity contribution >= 4 is 11.2 Å². The molecule has 0 bridgehead atoms. The highest BCUT2D eigenvalue weighted by molar-refractivity contribution is 5.77. The molecule has 0 unspecified atom stereocenters. The number of hydrogen-bond acceptors (Lipinski definition) is 9. The SMILES string of the molecule is C[C@@H](Cn1cnnn1)Oc1cccc(-c2ccc3ncn(-c4cc(F)cc(OC(F)F)c4C#N)c3n2)n1. The van der Waals surface area contributed by atoms with E-state index in [1.165, 1.54) is 21.9 Å². The van der Waals surface area contributed by atoms with Gasteiger partial charge in [-0.2, -0.15) is 14.0 Å². The van der Waals surface area contributed by atoms with Gasteiger partial charge in [0.15, 0.2) is 5.65 Å². The van der Waals surface area contributed by atoms with Crippen molar-refractivity contribution < 1.29 is 22.6 Å². The summed E-state index contributed by atoms with van der Waals surface area (Å²) in [5.41, 5.74) is 1.25. The number of rotatable bonds is 8. The lowest BCUT2D eigenvalue weighted by atomic mass is 10.1. The fourth-order valence-electron chi connectivity index (χ4n) is 3.67. The van der Waals surface area contributed by atoms with Crippen LogP contribution in [-0.4, -0.2) is 52.4 Å². The Morgan fingerprint density at radius 1 is 1.05 bits per heavy atom. The van der Waals surface area contributed by atoms with Crippen LogP contribution in [0.4, 0.5) is 13.2 Å². The molecule has 4 aromatic heterocycles. The van der Waals surface area contributed by atoms with Crippen molar-refractivity contribution in [3.05, 3.63) is 66.5 Å². The summed E-state index contributed by atoms with van der Waals surface area (Å²) < 4.78 is 53.0. The molecule has 0 aliphatic rings. The van der Waals surface area contributed by atoms with E-state index in [4.69, 9.17) is 4.74 Å². The lowest BCUT2D eigenvalue weighted by Crippen LogP contribution is -2.20. The van der Waals surface area contributed by atoms with Crippen LogP contribution in [0.5, 0.6) is 11.6 Å². The molecule has 37 heavy (non-hydrogen) atoms. The molecule has 0 saturated carbocycles. The molecule has 0 radical (unpaired) electrons. The number of pyridine rings is 2. The zero-order chi connectivity index (χ0) is 25.9. The van der Waals surface area contributed by atoms with Gasteiger partial charge >= 0.3 is 6.61 Å². The molecule has 0 aliphatic heterocycles. The molecule has 0 amide bonds. The molecule has 186 valence electrons. The Morgan fingerprint density at radius 2 is 1.89 bits per heavy atom. The second kappa shape index (κ2) is 9.90. The van der Waals surface area contributed by atoms with Crippen LogP contribution in [0.25, 0.3) is 28.2 Å². The minimum Gasteiger partial charge on any atom is -0.473 e. The lowest BCUT2D eigenvalue weighted by Gasteiger charge is -2.14. The summed E-state index contributed by atoms with van der Waals surface area (Å²) in [4.78, 5) is 13.3. The van der Waals surface area contributed by atoms with Crippen molar-refractivity contribution in [1.29, 1.82) is 5.26 Å². The van der Waals surface area contributed by atoms with Crippen LogP contribution in [0.15, 0.2) is 55.1 Å². The van der Waals surface area contributed by atoms with Crippen molar-refractivity contribution in [2.75, 3.05) is 0 Å². The standard InChI is InChI=1S/C23H16F3N9O2/c1-13(10-34-12-29-32-33-34)36-21-4-2-3-16(30-21)17-5-6-18-22(31-17)35(11-28-18)19-7-14(24)8-20(15(19)9-27)37-23(25)26/h2-8,11-13,23H,10H2,1H3/t13-/m0/s1. The monoisotopic (exact) mass is 507 g/mol. The quantitative estimate of drug-likeness (QED) is 0.310. The maximum Gasteiger partial charge on any atom is 0.387 e. The van der Waals surface area contributed by atoms with Crippen molar-refractivity contribution in [2.45, 2.75) is 26.2 Å². The summed E-state index contributed by atoms with van der Waals surface area (Å²) in [5.74, 6) is -1.11. The van der Waals surface area contributed by atoms with E-state index in [1.54, 1.807) is 36.4 Å². The number of tetrazole rings is 1. The lowest BCUT2D eigenvalue weighted by molar-refractivity contribution is -0.0501. The Labute approximate surface area is 206 Å². The highest BCUT2D eigenvalue weighted by Gasteiger charge is 2.20. The van der Waals surface area contributed by atoms with Gasteiger partial charge in [-0.05, 0) is 41.6 Å². The second-order valence-corrected chi connectivity index (χ2v) is 7.76. The van der Waals surface area contributed by atoms with E-state index in [0.29, 0.717) is 29.3 Å². The largest absolute Gasteiger partial charge is 0.473 e. The first-order valence-corrected chi connectivity index (χ1v) is 10.8. The molecule has 0 fully saturated rings. The van der Waals surface area contributed by atoms with Gasteiger partial charge in [0.2, 0.25) is 5.88 Å². The first-order chi connectivity index (χ1) is 17.9. The van der Waals surface area contributed by atoms with Gasteiger partial charge in [0.1, 0.15) is 47.5 Å². The van der Waals surface area contributed by atoms with Gasteiger partial charge in [0.05, 0.1) is 23.6 Å². The minimum absolute atomic E-state index is 0.0493. The summed E-state index contributed by atoms with van der Waals surface area (Å²) in [6, 6.07) is 12.1. The van der Waals surface area contributed by atoms with Crippen LogP contribution in [0.3, 0.4) is 0 Å². The van der Waals surface area contributed by atoms with E-state index in [-0.39, 0.29) is 23.0 Å². The Balaban J connectivity index is 1.50. The summed E-state index contributed by atoms with van der Waals surface area (Å²) in [7, 11) is 0. The minimum atomic E-state index is -3.23. The van der Waals surface area contributed by atoms with Gasteiger partial charge < -0.3 is 9.47 Å². The third-order valence-electron chi connectivity index (χ3n) is 5.17. The Morgan fingerprint density at radius 3 is 2.65 bits per heavy atom. The molecular weight excluding hydrogens is 491 g/mol. The number of aromatic nitrogens is 8. The summed E-state index contributed by atoms with van der Waals surface area (Å²) in [6.45, 7) is -0.979. The third-order valence-corrected chi connectivity index (χ3v) is 5.17. The van der Waals surface area contributed by atoms with E-state index in [2.05, 4.69) is 35.2 Å². The van der Waals surface area contributed by atoms with E-state index >= 15 is 0 Å². The predicted octanol–water partition coefficient (Wildman–Crippen LogP) is 3.55. The number of nitriles is 1. The summed E-state index contributed by atoms with van der Waals surface area (Å²) in [5, 5.41) is 20.6. The Hall–Kier alpha value is -5.06. The van der Waals surface area contributed by atoms with Crippen LogP contribution < -0.4 is 9.47 Å². The van der Waals surface area contributed by atoms with Crippen LogP contribution >= 0.6 is 0 Å². The topological polar surface area (TPSA) is 129 Å². The Bertz CT molecular complexity index is 1600. The zero-order valence-corrected chi connectivity index (χ0v) is 19.0. The van der Waals surface area contributed by atoms with Crippen LogP contribution in [-0.2, 0) is 6.54 Å². The van der Waals surface area contributed by atoms with E-state index < -0.39 is 18.2 Å². The van der Waals surface area contributed by atoms with E-state index in [1.807, 2.05) is 6.92 Å². The average molecular weight is 507 g/mol. The van der Waals surface area contributed by atoms with Gasteiger partial charge in [0.25, 0.3) is 0 Å². The van der Waals surface area contributed by atoms with Crippen LogP contribution in [0.2, 0.25) is 0 Å². The molecule has 0 saturated heterocycles. The number of fused-ring (bicyclic) bond motifs is 1. The highest BCUT2D eigenvalue weighted by atomic mass is 19.3. The van der Waals surface area contributed by atoms with Gasteiger partial charge in [-0.3, -0.25) is 4.57 Å². The van der Waals surface area contributed by atoms with E-state index in [9.17, 15) is 18.4 Å². The highest BCUT2D eigenvalue weighted by Crippen LogP contribution is 2.30. The van der Waals surface area contributed by atoms with Crippen molar-refractivity contribution in [3.63, 3.8) is 0 Å². The molecule has 14 heteroatoms. The second-order valence-electron chi connectivity index (χ2n) is 7.76. The normalized spacial score (nSPS) is 12.0. The molecule has 0 N–H and O–H groups in total. The molecule has 0 spiro atoms. The van der Waals surface area contributed by atoms with Gasteiger partial charge in [-0.1, -0.05) is 6.07 Å². The third kappa shape index (κ3) is 5.01. The summed E-state index contributed by atoms with van der Waals surface area (Å²) in [6.07, 6.45) is 2.51. The molecule has 4 heterocycles. The number of alkyl halides is 2. The number of imidazole rings is 1. The predicted molar refractivity (Wildman–Crippen MR) is 121 cm³/mol. The van der Waals surface area contributed by atoms with Crippen molar-refractivity contribution in [2.24, 2.45) is 0 Å². The van der Waals surface area contributed by atoms with Gasteiger partial charge in [0, 0.05) is 12.1 Å². The average Bonchev–Trinajstić information content (AvgIpc) is 3.53. The number of hydrogen-bond donors (Lipinski definition) is 0. The smallest absolute Gasteiger partial charge is 0.387 e. The number of ether oxygens (including phenoxy) is 2.